The van der Waals surface area contributed by atoms with Crippen LogP contribution in [0.25, 0.3) is 10.8 Å². The highest BCUT2D eigenvalue weighted by molar-refractivity contribution is 5.84. The number of carbonyl (C=O) groups is 1. The van der Waals surface area contributed by atoms with Crippen LogP contribution in [0.15, 0.2) is 36.4 Å². The van der Waals surface area contributed by atoms with Crippen LogP contribution >= 0.6 is 0 Å². The van der Waals surface area contributed by atoms with Gasteiger partial charge in [0.2, 0.25) is 0 Å². The van der Waals surface area contributed by atoms with Crippen molar-refractivity contribution >= 4 is 16.8 Å². The summed E-state index contributed by atoms with van der Waals surface area (Å²) in [6.45, 7) is 2.78. The molecule has 2 aromatic carbocycles. The lowest BCUT2D eigenvalue weighted by Gasteiger charge is -2.29. The first-order valence-electron chi connectivity index (χ1n) is 9.28. The van der Waals surface area contributed by atoms with Crippen LogP contribution in [0.4, 0.5) is 4.79 Å². The summed E-state index contributed by atoms with van der Waals surface area (Å²) in [7, 11) is 1.68. The van der Waals surface area contributed by atoms with E-state index in [1.807, 2.05) is 12.1 Å². The van der Waals surface area contributed by atoms with Gasteiger partial charge in [-0.2, -0.15) is 0 Å². The molecule has 4 nitrogen and oxygen atoms in total. The summed E-state index contributed by atoms with van der Waals surface area (Å²) in [5.41, 5.74) is 1.13. The largest absolute Gasteiger partial charge is 0.497 e. The van der Waals surface area contributed by atoms with Gasteiger partial charge in [0.25, 0.3) is 0 Å². The van der Waals surface area contributed by atoms with Gasteiger partial charge in [-0.1, -0.05) is 18.2 Å². The number of hydrogen-bond acceptors (Lipinski definition) is 2. The van der Waals surface area contributed by atoms with E-state index < -0.39 is 0 Å². The highest BCUT2D eigenvalue weighted by Gasteiger charge is 2.41. The van der Waals surface area contributed by atoms with Gasteiger partial charge in [0.05, 0.1) is 7.11 Å². The van der Waals surface area contributed by atoms with Crippen molar-refractivity contribution in [2.45, 2.75) is 51.2 Å². The zero-order valence-corrected chi connectivity index (χ0v) is 15.0. The second kappa shape index (κ2) is 6.58. The highest BCUT2D eigenvalue weighted by Crippen LogP contribution is 2.39. The number of methoxy groups -OCH3 is 1. The van der Waals surface area contributed by atoms with Gasteiger partial charge in [-0.05, 0) is 73.1 Å². The van der Waals surface area contributed by atoms with Gasteiger partial charge in [-0.25, -0.2) is 4.79 Å². The van der Waals surface area contributed by atoms with E-state index in [0.29, 0.717) is 24.5 Å². The molecule has 2 amide bonds. The number of carbonyl (C=O) groups excluding carboxylic acids is 1. The number of urea groups is 1. The van der Waals surface area contributed by atoms with E-state index in [1.54, 1.807) is 7.11 Å². The molecule has 0 heterocycles. The molecule has 0 bridgehead atoms. The van der Waals surface area contributed by atoms with E-state index in [4.69, 9.17) is 4.74 Å². The molecule has 0 radical (unpaired) electrons. The summed E-state index contributed by atoms with van der Waals surface area (Å²) in [5, 5.41) is 5.45. The van der Waals surface area contributed by atoms with E-state index in [0.717, 1.165) is 34.9 Å². The number of fused-ring (bicyclic) bond motifs is 1. The molecule has 25 heavy (non-hydrogen) atoms. The molecule has 2 aromatic rings. The Morgan fingerprint density at radius 1 is 1.16 bits per heavy atom. The second-order valence-electron chi connectivity index (χ2n) is 7.42. The molecule has 4 heteroatoms. The first-order chi connectivity index (χ1) is 12.2. The summed E-state index contributed by atoms with van der Waals surface area (Å²) in [4.78, 5) is 14.8. The minimum absolute atomic E-state index is 0.0942. The van der Waals surface area contributed by atoms with Crippen molar-refractivity contribution in [3.63, 3.8) is 0 Å². The Morgan fingerprint density at radius 3 is 2.56 bits per heavy atom. The number of nitrogens with zero attached hydrogens (tertiary/aromatic N) is 1. The average Bonchev–Trinajstić information content (AvgIpc) is 3.52. The standard InChI is InChI=1S/C21H26N2O2/c1-14(16-5-6-16)23(19-8-9-19)21(24)22-13-15-3-4-18-12-20(25-2)10-7-17(18)11-15/h3-4,7,10-12,14,16,19H,5-6,8-9,13H2,1-2H3,(H,22,24). The van der Waals surface area contributed by atoms with Crippen molar-refractivity contribution in [2.75, 3.05) is 7.11 Å². The second-order valence-corrected chi connectivity index (χ2v) is 7.42. The zero-order chi connectivity index (χ0) is 17.4. The van der Waals surface area contributed by atoms with Crippen LogP contribution in [0.5, 0.6) is 5.75 Å². The Bertz CT molecular complexity index is 781. The minimum Gasteiger partial charge on any atom is -0.497 e. The number of benzene rings is 2. The van der Waals surface area contributed by atoms with Gasteiger partial charge < -0.3 is 15.0 Å². The average molecular weight is 338 g/mol. The molecule has 1 atom stereocenters. The van der Waals surface area contributed by atoms with E-state index in [-0.39, 0.29) is 6.03 Å². The molecule has 1 unspecified atom stereocenters. The first-order valence-corrected chi connectivity index (χ1v) is 9.28. The predicted octanol–water partition coefficient (Wildman–Crippen LogP) is 4.32. The predicted molar refractivity (Wildman–Crippen MR) is 99.8 cm³/mol. The fraction of sp³-hybridized carbons (Fsp3) is 0.476. The van der Waals surface area contributed by atoms with E-state index in [1.165, 1.54) is 12.8 Å². The van der Waals surface area contributed by atoms with Gasteiger partial charge in [0, 0.05) is 18.6 Å². The number of hydrogen-bond donors (Lipinski definition) is 1. The molecule has 0 aromatic heterocycles. The molecular formula is C21H26N2O2. The first kappa shape index (κ1) is 16.2. The molecule has 2 aliphatic rings. The Kier molecular flexibility index (Phi) is 4.28. The molecule has 2 saturated carbocycles. The Balaban J connectivity index is 1.43. The third-order valence-corrected chi connectivity index (χ3v) is 5.47. The van der Waals surface area contributed by atoms with Crippen molar-refractivity contribution in [3.05, 3.63) is 42.0 Å². The Morgan fingerprint density at radius 2 is 1.88 bits per heavy atom. The molecule has 0 saturated heterocycles. The molecule has 2 fully saturated rings. The van der Waals surface area contributed by atoms with Gasteiger partial charge >= 0.3 is 6.03 Å². The monoisotopic (exact) mass is 338 g/mol. The van der Waals surface area contributed by atoms with Crippen LogP contribution in [0.3, 0.4) is 0 Å². The maximum Gasteiger partial charge on any atom is 0.318 e. The molecular weight excluding hydrogens is 312 g/mol. The minimum atomic E-state index is 0.0942. The smallest absolute Gasteiger partial charge is 0.318 e. The van der Waals surface area contributed by atoms with Crippen LogP contribution in [0.2, 0.25) is 0 Å². The highest BCUT2D eigenvalue weighted by atomic mass is 16.5. The third kappa shape index (κ3) is 3.58. The lowest BCUT2D eigenvalue weighted by atomic mass is 10.1. The number of amides is 2. The van der Waals surface area contributed by atoms with Gasteiger partial charge in [0.1, 0.15) is 5.75 Å². The van der Waals surface area contributed by atoms with Crippen LogP contribution in [0.1, 0.15) is 38.2 Å². The SMILES string of the molecule is COc1ccc2cc(CNC(=O)N(C3CC3)C(C)C3CC3)ccc2c1. The Hall–Kier alpha value is -2.23. The fourth-order valence-electron chi connectivity index (χ4n) is 3.62. The fourth-order valence-corrected chi connectivity index (χ4v) is 3.62. The van der Waals surface area contributed by atoms with Gasteiger partial charge in [0.15, 0.2) is 0 Å². The molecule has 1 N–H and O–H groups in total. The van der Waals surface area contributed by atoms with Crippen molar-refractivity contribution < 1.29 is 9.53 Å². The number of nitrogens with one attached hydrogen (secondary N) is 1. The summed E-state index contributed by atoms with van der Waals surface area (Å²) < 4.78 is 5.27. The van der Waals surface area contributed by atoms with Crippen molar-refractivity contribution in [3.8, 4) is 5.75 Å². The van der Waals surface area contributed by atoms with Crippen molar-refractivity contribution in [2.24, 2.45) is 5.92 Å². The lowest BCUT2D eigenvalue weighted by Crippen LogP contribution is -2.47. The summed E-state index contributed by atoms with van der Waals surface area (Å²) in [6.07, 6.45) is 4.85. The topological polar surface area (TPSA) is 41.6 Å². The van der Waals surface area contributed by atoms with E-state index in [9.17, 15) is 4.79 Å². The van der Waals surface area contributed by atoms with E-state index >= 15 is 0 Å². The van der Waals surface area contributed by atoms with Crippen LogP contribution in [0, 0.1) is 5.92 Å². The van der Waals surface area contributed by atoms with Crippen LogP contribution in [-0.4, -0.2) is 30.1 Å². The summed E-state index contributed by atoms with van der Waals surface area (Å²) in [5.74, 6) is 1.57. The summed E-state index contributed by atoms with van der Waals surface area (Å²) in [6, 6.07) is 13.3. The summed E-state index contributed by atoms with van der Waals surface area (Å²) >= 11 is 0. The molecule has 2 aliphatic carbocycles. The van der Waals surface area contributed by atoms with Crippen molar-refractivity contribution in [1.29, 1.82) is 0 Å². The molecule has 0 aliphatic heterocycles. The third-order valence-electron chi connectivity index (χ3n) is 5.47. The normalized spacial score (nSPS) is 18.0. The maximum atomic E-state index is 12.7. The zero-order valence-electron chi connectivity index (χ0n) is 15.0. The van der Waals surface area contributed by atoms with Gasteiger partial charge in [-0.15, -0.1) is 0 Å². The molecule has 4 rings (SSSR count). The van der Waals surface area contributed by atoms with Gasteiger partial charge in [-0.3, -0.25) is 0 Å². The lowest BCUT2D eigenvalue weighted by molar-refractivity contribution is 0.166. The number of rotatable bonds is 6. The Labute approximate surface area is 149 Å². The van der Waals surface area contributed by atoms with Crippen LogP contribution < -0.4 is 10.1 Å². The molecule has 0 spiro atoms. The van der Waals surface area contributed by atoms with Crippen molar-refractivity contribution in [1.82, 2.24) is 10.2 Å². The molecule has 132 valence electrons. The number of ether oxygens (including phenoxy) is 1. The van der Waals surface area contributed by atoms with Crippen LogP contribution in [-0.2, 0) is 6.54 Å². The quantitative estimate of drug-likeness (QED) is 0.852. The van der Waals surface area contributed by atoms with E-state index in [2.05, 4.69) is 41.4 Å². The maximum absolute atomic E-state index is 12.7.